The van der Waals surface area contributed by atoms with Crippen molar-refractivity contribution in [3.05, 3.63) is 23.8 Å². The highest BCUT2D eigenvalue weighted by Crippen LogP contribution is 2.34. The molecule has 1 saturated carbocycles. The molecule has 4 rings (SSSR count). The standard InChI is InChI=1S/C20H24F3N3O5S/c21-20(22,23)17-12-26(5-8-31-17)16-11-14(24-18(27)13-1-2-13)3-4-15(16)19(28)25-6-9-32(29,30)10-7-25/h3-4,11,13,17H,1-2,5-10,12H2,(H,24,27). The molecule has 2 heterocycles. The largest absolute Gasteiger partial charge is 0.416 e. The number of sulfone groups is 1. The van der Waals surface area contributed by atoms with Gasteiger partial charge >= 0.3 is 6.18 Å². The Balaban J connectivity index is 1.62. The molecule has 1 aliphatic carbocycles. The summed E-state index contributed by atoms with van der Waals surface area (Å²) in [4.78, 5) is 28.1. The first-order valence-electron chi connectivity index (χ1n) is 10.4. The molecule has 176 valence electrons. The predicted octanol–water partition coefficient (Wildman–Crippen LogP) is 1.67. The second-order valence-corrected chi connectivity index (χ2v) is 10.6. The fraction of sp³-hybridized carbons (Fsp3) is 0.600. The summed E-state index contributed by atoms with van der Waals surface area (Å²) in [6, 6.07) is 4.52. The van der Waals surface area contributed by atoms with Crippen LogP contribution in [0.25, 0.3) is 0 Å². The molecule has 0 spiro atoms. The Kier molecular flexibility index (Phi) is 6.10. The first-order chi connectivity index (χ1) is 15.0. The summed E-state index contributed by atoms with van der Waals surface area (Å²) in [6.07, 6.45) is -4.96. The normalized spacial score (nSPS) is 23.7. The summed E-state index contributed by atoms with van der Waals surface area (Å²) < 4.78 is 68.0. The van der Waals surface area contributed by atoms with Crippen LogP contribution in [0.5, 0.6) is 0 Å². The van der Waals surface area contributed by atoms with Crippen LogP contribution in [-0.2, 0) is 19.4 Å². The van der Waals surface area contributed by atoms with Crippen molar-refractivity contribution in [2.45, 2.75) is 25.1 Å². The van der Waals surface area contributed by atoms with E-state index in [9.17, 15) is 31.2 Å². The Bertz CT molecular complexity index is 996. The molecule has 0 bridgehead atoms. The zero-order chi connectivity index (χ0) is 23.1. The van der Waals surface area contributed by atoms with Crippen LogP contribution in [0, 0.1) is 5.92 Å². The highest BCUT2D eigenvalue weighted by atomic mass is 32.2. The summed E-state index contributed by atoms with van der Waals surface area (Å²) in [7, 11) is -3.20. The molecule has 12 heteroatoms. The number of halogens is 3. The second-order valence-electron chi connectivity index (χ2n) is 8.29. The van der Waals surface area contributed by atoms with Gasteiger partial charge in [-0.05, 0) is 31.0 Å². The van der Waals surface area contributed by atoms with E-state index < -0.39 is 34.6 Å². The zero-order valence-corrected chi connectivity index (χ0v) is 18.0. The van der Waals surface area contributed by atoms with Crippen LogP contribution < -0.4 is 10.2 Å². The van der Waals surface area contributed by atoms with Crippen molar-refractivity contribution in [3.63, 3.8) is 0 Å². The fourth-order valence-electron chi connectivity index (χ4n) is 3.79. The minimum atomic E-state index is -4.55. The van der Waals surface area contributed by atoms with E-state index in [0.717, 1.165) is 12.8 Å². The third kappa shape index (κ3) is 5.17. The molecular formula is C20H24F3N3O5S. The van der Waals surface area contributed by atoms with Crippen LogP contribution >= 0.6 is 0 Å². The molecule has 1 N–H and O–H groups in total. The summed E-state index contributed by atoms with van der Waals surface area (Å²) in [5.74, 6) is -0.987. The predicted molar refractivity (Wildman–Crippen MR) is 110 cm³/mol. The first kappa shape index (κ1) is 22.8. The van der Waals surface area contributed by atoms with E-state index >= 15 is 0 Å². The lowest BCUT2D eigenvalue weighted by molar-refractivity contribution is -0.221. The minimum absolute atomic E-state index is 0.0229. The van der Waals surface area contributed by atoms with Crippen molar-refractivity contribution in [3.8, 4) is 0 Å². The van der Waals surface area contributed by atoms with Gasteiger partial charge in [0.2, 0.25) is 5.91 Å². The van der Waals surface area contributed by atoms with Gasteiger partial charge in [-0.2, -0.15) is 13.2 Å². The van der Waals surface area contributed by atoms with Crippen molar-refractivity contribution in [1.29, 1.82) is 0 Å². The Labute approximate surface area is 183 Å². The van der Waals surface area contributed by atoms with Gasteiger partial charge in [-0.1, -0.05) is 0 Å². The number of hydrogen-bond donors (Lipinski definition) is 1. The number of carbonyl (C=O) groups is 2. The van der Waals surface area contributed by atoms with Crippen LogP contribution in [0.15, 0.2) is 18.2 Å². The molecular weight excluding hydrogens is 451 g/mol. The van der Waals surface area contributed by atoms with Crippen LogP contribution in [0.2, 0.25) is 0 Å². The number of hydrogen-bond acceptors (Lipinski definition) is 6. The highest BCUT2D eigenvalue weighted by Gasteiger charge is 2.44. The molecule has 1 unspecified atom stereocenters. The lowest BCUT2D eigenvalue weighted by atomic mass is 10.1. The number of anilines is 2. The van der Waals surface area contributed by atoms with Gasteiger partial charge < -0.3 is 19.9 Å². The summed E-state index contributed by atoms with van der Waals surface area (Å²) >= 11 is 0. The quantitative estimate of drug-likeness (QED) is 0.712. The van der Waals surface area contributed by atoms with Crippen LogP contribution in [0.4, 0.5) is 24.5 Å². The molecule has 2 amide bonds. The highest BCUT2D eigenvalue weighted by molar-refractivity contribution is 7.91. The number of morpholine rings is 1. The van der Waals surface area contributed by atoms with Crippen LogP contribution in [0.1, 0.15) is 23.2 Å². The third-order valence-electron chi connectivity index (χ3n) is 5.85. The van der Waals surface area contributed by atoms with E-state index in [1.807, 2.05) is 0 Å². The van der Waals surface area contributed by atoms with Crippen molar-refractivity contribution < 1.29 is 35.9 Å². The summed E-state index contributed by atoms with van der Waals surface area (Å²) in [6.45, 7) is -0.470. The number of ether oxygens (including phenoxy) is 1. The molecule has 1 aromatic carbocycles. The van der Waals surface area contributed by atoms with Gasteiger partial charge in [-0.15, -0.1) is 0 Å². The van der Waals surface area contributed by atoms with Gasteiger partial charge in [-0.25, -0.2) is 8.42 Å². The number of amides is 2. The molecule has 0 aromatic heterocycles. The Morgan fingerprint density at radius 2 is 1.78 bits per heavy atom. The van der Waals surface area contributed by atoms with E-state index in [-0.39, 0.29) is 60.8 Å². The maximum Gasteiger partial charge on any atom is 0.416 e. The molecule has 8 nitrogen and oxygen atoms in total. The summed E-state index contributed by atoms with van der Waals surface area (Å²) in [5, 5.41) is 2.76. The third-order valence-corrected chi connectivity index (χ3v) is 7.46. The maximum absolute atomic E-state index is 13.3. The molecule has 3 aliphatic rings. The van der Waals surface area contributed by atoms with Crippen LogP contribution in [0.3, 0.4) is 0 Å². The average molecular weight is 475 g/mol. The van der Waals surface area contributed by atoms with Gasteiger partial charge in [0.1, 0.15) is 0 Å². The van der Waals surface area contributed by atoms with Crippen molar-refractivity contribution in [2.75, 3.05) is 54.5 Å². The smallest absolute Gasteiger partial charge is 0.366 e. The fourth-order valence-corrected chi connectivity index (χ4v) is 4.99. The van der Waals surface area contributed by atoms with Crippen molar-refractivity contribution in [1.82, 2.24) is 4.90 Å². The van der Waals surface area contributed by atoms with Gasteiger partial charge in [0.15, 0.2) is 15.9 Å². The van der Waals surface area contributed by atoms with E-state index in [4.69, 9.17) is 4.74 Å². The van der Waals surface area contributed by atoms with Gasteiger partial charge in [0, 0.05) is 31.2 Å². The topological polar surface area (TPSA) is 96.0 Å². The molecule has 3 fully saturated rings. The molecule has 1 atom stereocenters. The molecule has 2 saturated heterocycles. The second kappa shape index (κ2) is 8.54. The molecule has 1 aromatic rings. The summed E-state index contributed by atoms with van der Waals surface area (Å²) in [5.41, 5.74) is 0.816. The Morgan fingerprint density at radius 1 is 1.09 bits per heavy atom. The van der Waals surface area contributed by atoms with Crippen molar-refractivity contribution in [2.24, 2.45) is 5.92 Å². The Morgan fingerprint density at radius 3 is 2.41 bits per heavy atom. The zero-order valence-electron chi connectivity index (χ0n) is 17.2. The monoisotopic (exact) mass is 475 g/mol. The maximum atomic E-state index is 13.3. The van der Waals surface area contributed by atoms with Gasteiger partial charge in [-0.3, -0.25) is 9.59 Å². The molecule has 0 radical (unpaired) electrons. The molecule has 2 aliphatic heterocycles. The number of benzene rings is 1. The number of rotatable bonds is 4. The van der Waals surface area contributed by atoms with E-state index in [1.165, 1.54) is 21.9 Å². The number of carbonyl (C=O) groups excluding carboxylic acids is 2. The SMILES string of the molecule is O=C(Nc1ccc(C(=O)N2CCS(=O)(=O)CC2)c(N2CCOC(C(F)(F)F)C2)c1)C1CC1. The van der Waals surface area contributed by atoms with Crippen molar-refractivity contribution >= 4 is 33.0 Å². The first-order valence-corrected chi connectivity index (χ1v) is 12.2. The minimum Gasteiger partial charge on any atom is -0.366 e. The van der Waals surface area contributed by atoms with E-state index in [2.05, 4.69) is 5.32 Å². The molecule has 32 heavy (non-hydrogen) atoms. The average Bonchev–Trinajstić information content (AvgIpc) is 3.58. The Hall–Kier alpha value is -2.34. The van der Waals surface area contributed by atoms with E-state index in [1.54, 1.807) is 6.07 Å². The van der Waals surface area contributed by atoms with Gasteiger partial charge in [0.25, 0.3) is 5.91 Å². The number of alkyl halides is 3. The number of nitrogens with one attached hydrogen (secondary N) is 1. The number of nitrogens with zero attached hydrogens (tertiary/aromatic N) is 2. The van der Waals surface area contributed by atoms with Gasteiger partial charge in [0.05, 0.1) is 35.9 Å². The van der Waals surface area contributed by atoms with Crippen LogP contribution in [-0.4, -0.2) is 81.7 Å². The lowest BCUT2D eigenvalue weighted by Gasteiger charge is -2.37. The lowest BCUT2D eigenvalue weighted by Crippen LogP contribution is -2.50. The van der Waals surface area contributed by atoms with E-state index in [0.29, 0.717) is 5.69 Å².